The zero-order chi connectivity index (χ0) is 14.8. The molecule has 21 heavy (non-hydrogen) atoms. The van der Waals surface area contributed by atoms with E-state index in [0.717, 1.165) is 23.3 Å². The van der Waals surface area contributed by atoms with Crippen molar-refractivity contribution in [3.8, 4) is 6.07 Å². The first kappa shape index (κ1) is 13.2. The predicted molar refractivity (Wildman–Crippen MR) is 79.8 cm³/mol. The van der Waals surface area contributed by atoms with Crippen molar-refractivity contribution < 1.29 is 0 Å². The molecule has 0 bridgehead atoms. The first-order valence-corrected chi connectivity index (χ1v) is 6.85. The Bertz CT molecular complexity index is 820. The van der Waals surface area contributed by atoms with Crippen molar-refractivity contribution >= 4 is 11.5 Å². The van der Waals surface area contributed by atoms with Crippen LogP contribution < -0.4 is 5.32 Å². The Morgan fingerprint density at radius 2 is 2.24 bits per heavy atom. The van der Waals surface area contributed by atoms with Crippen LogP contribution in [-0.4, -0.2) is 19.2 Å². The lowest BCUT2D eigenvalue weighted by Gasteiger charge is -2.03. The summed E-state index contributed by atoms with van der Waals surface area (Å²) in [6.45, 7) is 2.69. The van der Waals surface area contributed by atoms with Crippen molar-refractivity contribution in [3.63, 3.8) is 0 Å². The molecule has 106 valence electrons. The van der Waals surface area contributed by atoms with E-state index in [0.29, 0.717) is 18.1 Å². The second-order valence-corrected chi connectivity index (χ2v) is 4.83. The molecule has 3 aromatic rings. The Hall–Kier alpha value is -2.81. The van der Waals surface area contributed by atoms with E-state index in [2.05, 4.69) is 28.4 Å². The van der Waals surface area contributed by atoms with Gasteiger partial charge in [0, 0.05) is 31.5 Å². The van der Waals surface area contributed by atoms with Crippen molar-refractivity contribution in [1.29, 1.82) is 5.26 Å². The van der Waals surface area contributed by atoms with Crippen LogP contribution in [0, 0.1) is 11.3 Å². The molecule has 0 atom stereocenters. The SMILES string of the molecule is CCc1nn(C)cc1CNc1nc2ccccn2c1C#N. The van der Waals surface area contributed by atoms with Crippen molar-refractivity contribution in [2.75, 3.05) is 5.32 Å². The fourth-order valence-corrected chi connectivity index (χ4v) is 2.43. The highest BCUT2D eigenvalue weighted by atomic mass is 15.3. The maximum absolute atomic E-state index is 9.34. The molecule has 0 saturated carbocycles. The monoisotopic (exact) mass is 280 g/mol. The van der Waals surface area contributed by atoms with E-state index in [1.165, 1.54) is 0 Å². The van der Waals surface area contributed by atoms with Gasteiger partial charge in [-0.1, -0.05) is 13.0 Å². The highest BCUT2D eigenvalue weighted by Crippen LogP contribution is 2.18. The van der Waals surface area contributed by atoms with E-state index in [1.807, 2.05) is 42.3 Å². The number of hydrogen-bond donors (Lipinski definition) is 1. The smallest absolute Gasteiger partial charge is 0.168 e. The van der Waals surface area contributed by atoms with Gasteiger partial charge in [-0.05, 0) is 18.6 Å². The topological polar surface area (TPSA) is 70.9 Å². The van der Waals surface area contributed by atoms with E-state index < -0.39 is 0 Å². The molecule has 3 rings (SSSR count). The van der Waals surface area contributed by atoms with Gasteiger partial charge in [0.2, 0.25) is 0 Å². The predicted octanol–water partition coefficient (Wildman–Crippen LogP) is 2.11. The first-order chi connectivity index (χ1) is 10.2. The fourth-order valence-electron chi connectivity index (χ4n) is 2.43. The molecule has 3 aromatic heterocycles. The van der Waals surface area contributed by atoms with E-state index in [-0.39, 0.29) is 0 Å². The van der Waals surface area contributed by atoms with Crippen LogP contribution in [0.5, 0.6) is 0 Å². The van der Waals surface area contributed by atoms with E-state index >= 15 is 0 Å². The lowest BCUT2D eigenvalue weighted by molar-refractivity contribution is 0.746. The lowest BCUT2D eigenvalue weighted by atomic mass is 10.2. The number of nitriles is 1. The highest BCUT2D eigenvalue weighted by molar-refractivity contribution is 5.59. The van der Waals surface area contributed by atoms with Crippen LogP contribution in [0.2, 0.25) is 0 Å². The van der Waals surface area contributed by atoms with Crippen molar-refractivity contribution in [2.24, 2.45) is 7.05 Å². The molecule has 6 nitrogen and oxygen atoms in total. The average molecular weight is 280 g/mol. The summed E-state index contributed by atoms with van der Waals surface area (Å²) >= 11 is 0. The zero-order valence-corrected chi connectivity index (χ0v) is 12.0. The number of imidazole rings is 1. The van der Waals surface area contributed by atoms with Crippen LogP contribution in [0.3, 0.4) is 0 Å². The normalized spacial score (nSPS) is 10.7. The van der Waals surface area contributed by atoms with Gasteiger partial charge in [-0.2, -0.15) is 10.4 Å². The molecule has 0 aromatic carbocycles. The van der Waals surface area contributed by atoms with Crippen LogP contribution in [0.15, 0.2) is 30.6 Å². The molecule has 0 aliphatic rings. The standard InChI is InChI=1S/C15H16N6/c1-3-12-11(10-20(2)19-12)9-17-15-13(8-16)21-7-5-4-6-14(21)18-15/h4-7,10,17H,3,9H2,1-2H3. The number of nitrogens with one attached hydrogen (secondary N) is 1. The van der Waals surface area contributed by atoms with Crippen LogP contribution in [0.1, 0.15) is 23.9 Å². The Morgan fingerprint density at radius 3 is 3.00 bits per heavy atom. The molecule has 6 heteroatoms. The van der Waals surface area contributed by atoms with Crippen molar-refractivity contribution in [2.45, 2.75) is 19.9 Å². The second-order valence-electron chi connectivity index (χ2n) is 4.83. The average Bonchev–Trinajstić information content (AvgIpc) is 3.04. The molecule has 0 unspecified atom stereocenters. The summed E-state index contributed by atoms with van der Waals surface area (Å²) in [7, 11) is 1.91. The van der Waals surface area contributed by atoms with Gasteiger partial charge in [0.05, 0.1) is 5.69 Å². The van der Waals surface area contributed by atoms with Gasteiger partial charge >= 0.3 is 0 Å². The summed E-state index contributed by atoms with van der Waals surface area (Å²) in [6.07, 6.45) is 4.72. The molecular weight excluding hydrogens is 264 g/mol. The largest absolute Gasteiger partial charge is 0.363 e. The number of nitrogens with zero attached hydrogens (tertiary/aromatic N) is 5. The quantitative estimate of drug-likeness (QED) is 0.794. The van der Waals surface area contributed by atoms with Crippen LogP contribution in [0.4, 0.5) is 5.82 Å². The van der Waals surface area contributed by atoms with E-state index in [4.69, 9.17) is 0 Å². The molecule has 0 radical (unpaired) electrons. The number of aromatic nitrogens is 4. The van der Waals surface area contributed by atoms with Gasteiger partial charge in [-0.25, -0.2) is 4.98 Å². The second kappa shape index (κ2) is 5.29. The lowest BCUT2D eigenvalue weighted by Crippen LogP contribution is -2.03. The summed E-state index contributed by atoms with van der Waals surface area (Å²) in [6, 6.07) is 7.88. The molecular formula is C15H16N6. The fraction of sp³-hybridized carbons (Fsp3) is 0.267. The number of hydrogen-bond acceptors (Lipinski definition) is 4. The Labute approximate surface area is 122 Å². The number of pyridine rings is 1. The minimum atomic E-state index is 0.521. The van der Waals surface area contributed by atoms with Gasteiger partial charge in [0.25, 0.3) is 0 Å². The third kappa shape index (κ3) is 2.34. The number of fused-ring (bicyclic) bond motifs is 1. The summed E-state index contributed by atoms with van der Waals surface area (Å²) in [5, 5.41) is 17.0. The Morgan fingerprint density at radius 1 is 1.38 bits per heavy atom. The highest BCUT2D eigenvalue weighted by Gasteiger charge is 2.12. The first-order valence-electron chi connectivity index (χ1n) is 6.85. The summed E-state index contributed by atoms with van der Waals surface area (Å²) in [4.78, 5) is 4.46. The minimum absolute atomic E-state index is 0.521. The molecule has 0 aliphatic heterocycles. The van der Waals surface area contributed by atoms with Gasteiger partial charge in [0.15, 0.2) is 11.5 Å². The minimum Gasteiger partial charge on any atom is -0.363 e. The van der Waals surface area contributed by atoms with Gasteiger partial charge in [0.1, 0.15) is 11.7 Å². The Balaban J connectivity index is 1.90. The van der Waals surface area contributed by atoms with Crippen LogP contribution >= 0.6 is 0 Å². The number of anilines is 1. The van der Waals surface area contributed by atoms with Crippen molar-refractivity contribution in [3.05, 3.63) is 47.5 Å². The molecule has 0 amide bonds. The summed E-state index contributed by atoms with van der Waals surface area (Å²) in [5.41, 5.74) is 3.47. The molecule has 0 saturated heterocycles. The van der Waals surface area contributed by atoms with Gasteiger partial charge in [-0.15, -0.1) is 0 Å². The van der Waals surface area contributed by atoms with E-state index in [1.54, 1.807) is 4.40 Å². The van der Waals surface area contributed by atoms with Crippen LogP contribution in [0.25, 0.3) is 5.65 Å². The maximum atomic E-state index is 9.34. The molecule has 0 fully saturated rings. The number of aryl methyl sites for hydroxylation is 2. The van der Waals surface area contributed by atoms with Gasteiger partial charge < -0.3 is 5.32 Å². The third-order valence-corrected chi connectivity index (χ3v) is 3.41. The van der Waals surface area contributed by atoms with E-state index in [9.17, 15) is 5.26 Å². The molecule has 3 heterocycles. The molecule has 0 spiro atoms. The van der Waals surface area contributed by atoms with Crippen LogP contribution in [-0.2, 0) is 20.0 Å². The summed E-state index contributed by atoms with van der Waals surface area (Å²) < 4.78 is 3.59. The molecule has 1 N–H and O–H groups in total. The zero-order valence-electron chi connectivity index (χ0n) is 12.0. The number of rotatable bonds is 4. The Kier molecular flexibility index (Phi) is 3.32. The maximum Gasteiger partial charge on any atom is 0.168 e. The third-order valence-electron chi connectivity index (χ3n) is 3.41. The van der Waals surface area contributed by atoms with Gasteiger partial charge in [-0.3, -0.25) is 9.08 Å². The summed E-state index contributed by atoms with van der Waals surface area (Å²) in [5.74, 6) is 0.606. The molecule has 0 aliphatic carbocycles. The van der Waals surface area contributed by atoms with Crippen molar-refractivity contribution in [1.82, 2.24) is 19.2 Å².